The fraction of sp³-hybridized carbons (Fsp3) is 0.750. The van der Waals surface area contributed by atoms with Gasteiger partial charge in [-0.2, -0.15) is 0 Å². The molecule has 0 bridgehead atoms. The second-order valence-corrected chi connectivity index (χ2v) is 1.36. The van der Waals surface area contributed by atoms with Crippen LogP contribution in [0.25, 0.3) is 0 Å². The summed E-state index contributed by atoms with van der Waals surface area (Å²) in [7, 11) is 0. The first-order valence-corrected chi connectivity index (χ1v) is 2.55. The van der Waals surface area contributed by atoms with Crippen LogP contribution < -0.4 is 11.3 Å². The first-order chi connectivity index (χ1) is 4.31. The van der Waals surface area contributed by atoms with E-state index < -0.39 is 6.09 Å². The molecule has 0 heterocycles. The molecule has 0 radical (unpaired) electrons. The van der Waals surface area contributed by atoms with Gasteiger partial charge in [0.2, 0.25) is 0 Å². The van der Waals surface area contributed by atoms with Gasteiger partial charge in [-0.05, 0) is 0 Å². The van der Waals surface area contributed by atoms with Crippen LogP contribution in [0.2, 0.25) is 0 Å². The molecule has 5 heteroatoms. The molecule has 9 heavy (non-hydrogen) atoms. The highest BCUT2D eigenvalue weighted by Crippen LogP contribution is 1.79. The number of nitrogens with one attached hydrogen (secondary N) is 1. The number of carbonyl (C=O) groups is 1. The molecule has 1 amide bonds. The van der Waals surface area contributed by atoms with Gasteiger partial charge in [0.25, 0.3) is 0 Å². The van der Waals surface area contributed by atoms with Gasteiger partial charge in [-0.3, -0.25) is 5.43 Å². The minimum absolute atomic E-state index is 0.0118. The Bertz CT molecular complexity index is 85.9. The zero-order valence-corrected chi connectivity index (χ0v) is 4.96. The standard InChI is InChI=1S/C4H10N2O3/c5-6-4(8)9-3-1-2-7/h7H,1-3,5H2,(H,6,8). The van der Waals surface area contributed by atoms with E-state index in [1.165, 1.54) is 0 Å². The van der Waals surface area contributed by atoms with E-state index in [0.717, 1.165) is 0 Å². The summed E-state index contributed by atoms with van der Waals surface area (Å²) in [4.78, 5) is 10.1. The van der Waals surface area contributed by atoms with E-state index in [4.69, 9.17) is 5.11 Å². The van der Waals surface area contributed by atoms with Crippen LogP contribution in [0.5, 0.6) is 0 Å². The van der Waals surface area contributed by atoms with Crippen molar-refractivity contribution in [3.05, 3.63) is 0 Å². The van der Waals surface area contributed by atoms with E-state index in [-0.39, 0.29) is 13.2 Å². The summed E-state index contributed by atoms with van der Waals surface area (Å²) in [6.07, 6.45) is -0.239. The van der Waals surface area contributed by atoms with Crippen molar-refractivity contribution in [3.63, 3.8) is 0 Å². The van der Waals surface area contributed by atoms with Crippen LogP contribution in [0.3, 0.4) is 0 Å². The van der Waals surface area contributed by atoms with E-state index in [2.05, 4.69) is 10.6 Å². The monoisotopic (exact) mass is 134 g/mol. The van der Waals surface area contributed by atoms with Crippen molar-refractivity contribution in [2.24, 2.45) is 5.84 Å². The molecule has 0 unspecified atom stereocenters. The molecule has 0 aliphatic rings. The maximum Gasteiger partial charge on any atom is 0.421 e. The van der Waals surface area contributed by atoms with E-state index in [0.29, 0.717) is 6.42 Å². The SMILES string of the molecule is NNC(=O)OCCCO. The molecule has 0 aromatic carbocycles. The Morgan fingerprint density at radius 2 is 2.44 bits per heavy atom. The van der Waals surface area contributed by atoms with Crippen molar-refractivity contribution in [2.75, 3.05) is 13.2 Å². The predicted molar refractivity (Wildman–Crippen MR) is 30.4 cm³/mol. The average molecular weight is 134 g/mol. The molecule has 0 aromatic rings. The van der Waals surface area contributed by atoms with Crippen molar-refractivity contribution >= 4 is 6.09 Å². The summed E-state index contributed by atoms with van der Waals surface area (Å²) in [5, 5.41) is 8.21. The van der Waals surface area contributed by atoms with Crippen molar-refractivity contribution in [3.8, 4) is 0 Å². The average Bonchev–Trinajstić information content (AvgIpc) is 1.89. The Balaban J connectivity index is 2.97. The van der Waals surface area contributed by atoms with Gasteiger partial charge in [-0.25, -0.2) is 10.6 Å². The lowest BCUT2D eigenvalue weighted by molar-refractivity contribution is 0.135. The maximum absolute atomic E-state index is 10.1. The summed E-state index contributed by atoms with van der Waals surface area (Å²) in [6.45, 7) is 0.206. The van der Waals surface area contributed by atoms with Gasteiger partial charge in [-0.1, -0.05) is 0 Å². The van der Waals surface area contributed by atoms with E-state index in [1.54, 1.807) is 5.43 Å². The van der Waals surface area contributed by atoms with Gasteiger partial charge < -0.3 is 9.84 Å². The summed E-state index contributed by atoms with van der Waals surface area (Å²) in [6, 6.07) is 0. The lowest BCUT2D eigenvalue weighted by Crippen LogP contribution is -2.30. The molecule has 0 saturated heterocycles. The Labute approximate surface area is 52.8 Å². The lowest BCUT2D eigenvalue weighted by Gasteiger charge is -1.99. The van der Waals surface area contributed by atoms with E-state index in [9.17, 15) is 4.79 Å². The van der Waals surface area contributed by atoms with Crippen LogP contribution in [-0.2, 0) is 4.74 Å². The molecule has 0 saturated carbocycles. The van der Waals surface area contributed by atoms with Crippen molar-refractivity contribution < 1.29 is 14.6 Å². The summed E-state index contributed by atoms with van der Waals surface area (Å²) < 4.78 is 4.40. The highest BCUT2D eigenvalue weighted by molar-refractivity contribution is 5.66. The van der Waals surface area contributed by atoms with Crippen LogP contribution in [-0.4, -0.2) is 24.4 Å². The molecule has 0 aliphatic carbocycles. The smallest absolute Gasteiger partial charge is 0.421 e. The van der Waals surface area contributed by atoms with Crippen LogP contribution in [0, 0.1) is 0 Å². The summed E-state index contributed by atoms with van der Waals surface area (Å²) >= 11 is 0. The molecule has 0 atom stereocenters. The number of hydrogen-bond acceptors (Lipinski definition) is 4. The molecular weight excluding hydrogens is 124 g/mol. The number of hydrazine groups is 1. The van der Waals surface area contributed by atoms with Gasteiger partial charge in [0.1, 0.15) is 0 Å². The lowest BCUT2D eigenvalue weighted by atomic mass is 10.5. The number of hydrogen-bond donors (Lipinski definition) is 3. The van der Waals surface area contributed by atoms with Gasteiger partial charge in [0, 0.05) is 13.0 Å². The minimum atomic E-state index is -0.677. The molecule has 54 valence electrons. The van der Waals surface area contributed by atoms with Crippen LogP contribution in [0.15, 0.2) is 0 Å². The minimum Gasteiger partial charge on any atom is -0.449 e. The highest BCUT2D eigenvalue weighted by Gasteiger charge is 1.94. The summed E-state index contributed by atoms with van der Waals surface area (Å²) in [5.41, 5.74) is 1.78. The first-order valence-electron chi connectivity index (χ1n) is 2.55. The normalized spacial score (nSPS) is 8.67. The molecule has 4 N–H and O–H groups in total. The number of carbonyl (C=O) groups excluding carboxylic acids is 1. The molecule has 5 nitrogen and oxygen atoms in total. The molecule has 0 spiro atoms. The Hall–Kier alpha value is -0.810. The highest BCUT2D eigenvalue weighted by atomic mass is 16.5. The number of amides is 1. The molecule has 0 rings (SSSR count). The second kappa shape index (κ2) is 5.33. The number of nitrogens with two attached hydrogens (primary N) is 1. The number of rotatable bonds is 3. The zero-order valence-electron chi connectivity index (χ0n) is 4.96. The first kappa shape index (κ1) is 8.19. The van der Waals surface area contributed by atoms with Crippen molar-refractivity contribution in [1.82, 2.24) is 5.43 Å². The Morgan fingerprint density at radius 3 is 2.89 bits per heavy atom. The topological polar surface area (TPSA) is 84.6 Å². The fourth-order valence-corrected chi connectivity index (χ4v) is 0.271. The number of aliphatic hydroxyl groups is 1. The maximum atomic E-state index is 10.1. The van der Waals surface area contributed by atoms with Gasteiger partial charge in [0.05, 0.1) is 6.61 Å². The Kier molecular flexibility index (Phi) is 4.85. The van der Waals surface area contributed by atoms with E-state index in [1.807, 2.05) is 0 Å². The zero-order chi connectivity index (χ0) is 7.11. The third kappa shape index (κ3) is 5.05. The van der Waals surface area contributed by atoms with Gasteiger partial charge in [-0.15, -0.1) is 0 Å². The van der Waals surface area contributed by atoms with Gasteiger partial charge in [0.15, 0.2) is 0 Å². The summed E-state index contributed by atoms with van der Waals surface area (Å²) in [5.74, 6) is 4.67. The fourth-order valence-electron chi connectivity index (χ4n) is 0.271. The Morgan fingerprint density at radius 1 is 1.78 bits per heavy atom. The third-order valence-electron chi connectivity index (χ3n) is 0.653. The quantitative estimate of drug-likeness (QED) is 0.199. The van der Waals surface area contributed by atoms with Crippen LogP contribution in [0.4, 0.5) is 4.79 Å². The van der Waals surface area contributed by atoms with E-state index >= 15 is 0 Å². The van der Waals surface area contributed by atoms with Gasteiger partial charge >= 0.3 is 6.09 Å². The molecule has 0 aromatic heterocycles. The molecule has 0 aliphatic heterocycles. The third-order valence-corrected chi connectivity index (χ3v) is 0.653. The second-order valence-electron chi connectivity index (χ2n) is 1.36. The largest absolute Gasteiger partial charge is 0.449 e. The van der Waals surface area contributed by atoms with Crippen molar-refractivity contribution in [2.45, 2.75) is 6.42 Å². The predicted octanol–water partition coefficient (Wildman–Crippen LogP) is -1.03. The van der Waals surface area contributed by atoms with Crippen LogP contribution >= 0.6 is 0 Å². The molecular formula is C4H10N2O3. The number of aliphatic hydroxyl groups excluding tert-OH is 1. The molecule has 0 fully saturated rings. The van der Waals surface area contributed by atoms with Crippen LogP contribution in [0.1, 0.15) is 6.42 Å². The van der Waals surface area contributed by atoms with Crippen molar-refractivity contribution in [1.29, 1.82) is 0 Å². The number of ether oxygens (including phenoxy) is 1.